The average Bonchev–Trinajstić information content (AvgIpc) is 2.87. The number of rotatable bonds is 5. The number of hydrogen-bond acceptors (Lipinski definition) is 4. The predicted molar refractivity (Wildman–Crippen MR) is 81.4 cm³/mol. The topological polar surface area (TPSA) is 102 Å². The lowest BCUT2D eigenvalue weighted by Gasteiger charge is -2.27. The Morgan fingerprint density at radius 1 is 1.43 bits per heavy atom. The molecule has 126 valence electrons. The Morgan fingerprint density at radius 3 is 2.74 bits per heavy atom. The predicted octanol–water partition coefficient (Wildman–Crippen LogP) is -0.0265. The summed E-state index contributed by atoms with van der Waals surface area (Å²) in [4.78, 5) is 25.3. The minimum atomic E-state index is -1.14. The number of halogens is 1. The summed E-state index contributed by atoms with van der Waals surface area (Å²) in [6, 6.07) is 4.66. The molecule has 0 bridgehead atoms. The number of anilines is 1. The number of nitrogens with zero attached hydrogens (tertiary/aromatic N) is 1. The monoisotopic (exact) mass is 325 g/mol. The normalized spacial score (nSPS) is 18.2. The van der Waals surface area contributed by atoms with Crippen molar-refractivity contribution in [1.29, 1.82) is 0 Å². The van der Waals surface area contributed by atoms with Crippen LogP contribution in [0.5, 0.6) is 0 Å². The molecular weight excluding hydrogens is 305 g/mol. The molecule has 3 amide bonds. The summed E-state index contributed by atoms with van der Waals surface area (Å²) in [5.74, 6) is -0.654. The van der Waals surface area contributed by atoms with Crippen molar-refractivity contribution in [2.45, 2.75) is 24.9 Å². The maximum Gasteiger partial charge on any atom is 0.315 e. The lowest BCUT2D eigenvalue weighted by atomic mass is 10.1. The number of benzene rings is 1. The zero-order valence-corrected chi connectivity index (χ0v) is 12.8. The van der Waals surface area contributed by atoms with Crippen molar-refractivity contribution in [1.82, 2.24) is 10.6 Å². The summed E-state index contributed by atoms with van der Waals surface area (Å²) in [7, 11) is 0. The number of nitrogens with one attached hydrogen (secondary N) is 2. The van der Waals surface area contributed by atoms with E-state index < -0.39 is 36.6 Å². The van der Waals surface area contributed by atoms with Crippen LogP contribution in [0.4, 0.5) is 14.9 Å². The van der Waals surface area contributed by atoms with E-state index in [2.05, 4.69) is 10.6 Å². The van der Waals surface area contributed by atoms with Crippen LogP contribution < -0.4 is 15.5 Å². The molecule has 1 saturated heterocycles. The number of urea groups is 1. The second-order valence-electron chi connectivity index (χ2n) is 5.86. The van der Waals surface area contributed by atoms with Gasteiger partial charge < -0.3 is 25.7 Å². The molecule has 1 heterocycles. The minimum absolute atomic E-state index is 0.0961. The first kappa shape index (κ1) is 17.2. The number of hydrogen-bond donors (Lipinski definition) is 4. The first-order valence-corrected chi connectivity index (χ1v) is 7.23. The smallest absolute Gasteiger partial charge is 0.315 e. The largest absolute Gasteiger partial charge is 0.394 e. The Hall–Kier alpha value is -2.19. The summed E-state index contributed by atoms with van der Waals surface area (Å²) >= 11 is 0. The average molecular weight is 325 g/mol. The van der Waals surface area contributed by atoms with Crippen molar-refractivity contribution in [2.75, 3.05) is 24.7 Å². The van der Waals surface area contributed by atoms with E-state index in [9.17, 15) is 14.0 Å². The quantitative estimate of drug-likeness (QED) is 0.611. The second-order valence-corrected chi connectivity index (χ2v) is 5.86. The van der Waals surface area contributed by atoms with Crippen LogP contribution in [0, 0.1) is 5.82 Å². The molecule has 0 radical (unpaired) electrons. The van der Waals surface area contributed by atoms with E-state index in [4.69, 9.17) is 10.2 Å². The summed E-state index contributed by atoms with van der Waals surface area (Å²) in [6.07, 6.45) is 0.0961. The molecule has 0 saturated carbocycles. The van der Waals surface area contributed by atoms with Gasteiger partial charge in [-0.1, -0.05) is 6.07 Å². The summed E-state index contributed by atoms with van der Waals surface area (Å²) < 4.78 is 13.3. The molecule has 1 aromatic carbocycles. The Kier molecular flexibility index (Phi) is 5.17. The van der Waals surface area contributed by atoms with Crippen molar-refractivity contribution in [3.05, 3.63) is 30.1 Å². The third kappa shape index (κ3) is 4.17. The van der Waals surface area contributed by atoms with Crippen LogP contribution in [0.2, 0.25) is 0 Å². The fraction of sp³-hybridized carbons (Fsp3) is 0.467. The zero-order chi connectivity index (χ0) is 17.0. The highest BCUT2D eigenvalue weighted by atomic mass is 19.1. The van der Waals surface area contributed by atoms with Crippen LogP contribution in [0.25, 0.3) is 0 Å². The first-order valence-electron chi connectivity index (χ1n) is 7.23. The van der Waals surface area contributed by atoms with Crippen molar-refractivity contribution < 1.29 is 24.2 Å². The van der Waals surface area contributed by atoms with E-state index in [1.54, 1.807) is 6.07 Å². The molecule has 1 atom stereocenters. The summed E-state index contributed by atoms with van der Waals surface area (Å²) in [5.41, 5.74) is -0.704. The number of amides is 3. The SMILES string of the molecule is CC(CO)(CO)NC(=O)N[C@@H]1CC(=O)N(c2cccc(F)c2)C1. The highest BCUT2D eigenvalue weighted by molar-refractivity contribution is 5.96. The maximum absolute atomic E-state index is 13.3. The van der Waals surface area contributed by atoms with Gasteiger partial charge in [-0.25, -0.2) is 9.18 Å². The van der Waals surface area contributed by atoms with Crippen LogP contribution in [0.3, 0.4) is 0 Å². The second kappa shape index (κ2) is 6.93. The van der Waals surface area contributed by atoms with Crippen LogP contribution in [0.1, 0.15) is 13.3 Å². The number of carbonyl (C=O) groups is 2. The van der Waals surface area contributed by atoms with E-state index in [0.29, 0.717) is 5.69 Å². The van der Waals surface area contributed by atoms with Gasteiger partial charge in [0.15, 0.2) is 0 Å². The van der Waals surface area contributed by atoms with E-state index in [0.717, 1.165) is 0 Å². The molecule has 1 fully saturated rings. The zero-order valence-electron chi connectivity index (χ0n) is 12.8. The van der Waals surface area contributed by atoms with Gasteiger partial charge in [0, 0.05) is 18.7 Å². The fourth-order valence-corrected chi connectivity index (χ4v) is 2.32. The van der Waals surface area contributed by atoms with Crippen molar-refractivity contribution in [3.8, 4) is 0 Å². The van der Waals surface area contributed by atoms with Gasteiger partial charge in [0.25, 0.3) is 0 Å². The van der Waals surface area contributed by atoms with Gasteiger partial charge in [-0.2, -0.15) is 0 Å². The molecule has 2 rings (SSSR count). The van der Waals surface area contributed by atoms with E-state index in [-0.39, 0.29) is 18.9 Å². The molecule has 7 nitrogen and oxygen atoms in total. The van der Waals surface area contributed by atoms with Crippen molar-refractivity contribution >= 4 is 17.6 Å². The van der Waals surface area contributed by atoms with Gasteiger partial charge >= 0.3 is 6.03 Å². The van der Waals surface area contributed by atoms with Crippen LogP contribution in [-0.2, 0) is 4.79 Å². The number of aliphatic hydroxyl groups is 2. The molecule has 0 aromatic heterocycles. The molecule has 0 unspecified atom stereocenters. The molecule has 1 aliphatic rings. The number of aliphatic hydroxyl groups excluding tert-OH is 2. The van der Waals surface area contributed by atoms with Gasteiger partial charge in [0.05, 0.1) is 24.8 Å². The molecular formula is C15H20FN3O4. The molecule has 1 aliphatic heterocycles. The first-order chi connectivity index (χ1) is 10.9. The van der Waals surface area contributed by atoms with Gasteiger partial charge in [-0.3, -0.25) is 4.79 Å². The van der Waals surface area contributed by atoms with E-state index >= 15 is 0 Å². The Balaban J connectivity index is 1.96. The lowest BCUT2D eigenvalue weighted by Crippen LogP contribution is -2.56. The third-order valence-corrected chi connectivity index (χ3v) is 3.69. The Bertz CT molecular complexity index is 592. The van der Waals surface area contributed by atoms with E-state index in [1.807, 2.05) is 0 Å². The molecule has 0 spiro atoms. The Labute approximate surface area is 133 Å². The van der Waals surface area contributed by atoms with Crippen LogP contribution >= 0.6 is 0 Å². The van der Waals surface area contributed by atoms with Gasteiger partial charge in [0.2, 0.25) is 5.91 Å². The lowest BCUT2D eigenvalue weighted by molar-refractivity contribution is -0.117. The molecule has 23 heavy (non-hydrogen) atoms. The highest BCUT2D eigenvalue weighted by Crippen LogP contribution is 2.22. The van der Waals surface area contributed by atoms with Gasteiger partial charge in [-0.05, 0) is 25.1 Å². The molecule has 1 aromatic rings. The highest BCUT2D eigenvalue weighted by Gasteiger charge is 2.33. The Morgan fingerprint density at radius 2 is 2.13 bits per heavy atom. The summed E-state index contributed by atoms with van der Waals surface area (Å²) in [6.45, 7) is 0.877. The van der Waals surface area contributed by atoms with Crippen molar-refractivity contribution in [2.24, 2.45) is 0 Å². The van der Waals surface area contributed by atoms with Gasteiger partial charge in [-0.15, -0.1) is 0 Å². The van der Waals surface area contributed by atoms with Crippen LogP contribution in [0.15, 0.2) is 24.3 Å². The van der Waals surface area contributed by atoms with Gasteiger partial charge in [0.1, 0.15) is 5.82 Å². The van der Waals surface area contributed by atoms with E-state index in [1.165, 1.54) is 30.0 Å². The minimum Gasteiger partial charge on any atom is -0.394 e. The van der Waals surface area contributed by atoms with Crippen LogP contribution in [-0.4, -0.2) is 53.5 Å². The third-order valence-electron chi connectivity index (χ3n) is 3.69. The van der Waals surface area contributed by atoms with Crippen molar-refractivity contribution in [3.63, 3.8) is 0 Å². The maximum atomic E-state index is 13.3. The molecule has 0 aliphatic carbocycles. The molecule has 8 heteroatoms. The summed E-state index contributed by atoms with van der Waals surface area (Å²) in [5, 5.41) is 23.4. The number of carbonyl (C=O) groups excluding carboxylic acids is 2. The standard InChI is InChI=1S/C15H20FN3O4/c1-15(8-20,9-21)18-14(23)17-11-6-13(22)19(7-11)12-4-2-3-10(16)5-12/h2-5,11,20-21H,6-9H2,1H3,(H2,17,18,23)/t11-/m1/s1. The molecule has 4 N–H and O–H groups in total. The fourth-order valence-electron chi connectivity index (χ4n) is 2.32.